The molecule has 0 unspecified atom stereocenters. The number of hydrogen-bond acceptors (Lipinski definition) is 5. The fourth-order valence-corrected chi connectivity index (χ4v) is 4.41. The SMILES string of the molecule is CC[C@H](NC(=O)[C@@H](C)N(c1cccc([N+](=O)[O-])c1)S(C)(=O)=O)c1ccc(C)c(C)c1. The molecule has 0 heterocycles. The van der Waals surface area contributed by atoms with Crippen LogP contribution in [0.4, 0.5) is 11.4 Å². The fourth-order valence-electron chi connectivity index (χ4n) is 3.25. The van der Waals surface area contributed by atoms with E-state index in [9.17, 15) is 23.3 Å². The van der Waals surface area contributed by atoms with Crippen LogP contribution in [0.3, 0.4) is 0 Å². The zero-order valence-electron chi connectivity index (χ0n) is 17.7. The standard InChI is InChI=1S/C21H27N3O5S/c1-6-20(17-11-10-14(2)15(3)12-17)22-21(25)16(4)23(30(5,28)29)18-8-7-9-19(13-18)24(26)27/h7-13,16,20H,6H2,1-5H3,(H,22,25)/t16-,20+/m1/s1. The Hall–Kier alpha value is -2.94. The molecule has 1 amide bonds. The lowest BCUT2D eigenvalue weighted by molar-refractivity contribution is -0.384. The lowest BCUT2D eigenvalue weighted by atomic mass is 9.99. The maximum absolute atomic E-state index is 13.0. The van der Waals surface area contributed by atoms with Gasteiger partial charge < -0.3 is 5.32 Å². The normalized spacial score (nSPS) is 13.4. The van der Waals surface area contributed by atoms with Crippen molar-refractivity contribution in [1.29, 1.82) is 0 Å². The number of carbonyl (C=O) groups excluding carboxylic acids is 1. The third kappa shape index (κ3) is 5.35. The summed E-state index contributed by atoms with van der Waals surface area (Å²) in [6.07, 6.45) is 1.59. The van der Waals surface area contributed by atoms with Gasteiger partial charge in [-0.05, 0) is 49.9 Å². The number of hydrogen-bond donors (Lipinski definition) is 1. The monoisotopic (exact) mass is 433 g/mol. The molecule has 0 spiro atoms. The number of anilines is 1. The highest BCUT2D eigenvalue weighted by atomic mass is 32.2. The van der Waals surface area contributed by atoms with Crippen molar-refractivity contribution in [3.8, 4) is 0 Å². The van der Waals surface area contributed by atoms with E-state index in [4.69, 9.17) is 0 Å². The first-order chi connectivity index (χ1) is 14.0. The zero-order chi connectivity index (χ0) is 22.6. The first-order valence-corrected chi connectivity index (χ1v) is 11.4. The van der Waals surface area contributed by atoms with Crippen LogP contribution in [0.2, 0.25) is 0 Å². The highest BCUT2D eigenvalue weighted by molar-refractivity contribution is 7.92. The fraction of sp³-hybridized carbons (Fsp3) is 0.381. The van der Waals surface area contributed by atoms with E-state index in [2.05, 4.69) is 5.32 Å². The van der Waals surface area contributed by atoms with Crippen molar-refractivity contribution in [1.82, 2.24) is 5.32 Å². The molecule has 30 heavy (non-hydrogen) atoms. The number of nitrogens with zero attached hydrogens (tertiary/aromatic N) is 2. The summed E-state index contributed by atoms with van der Waals surface area (Å²) in [7, 11) is -3.87. The average Bonchev–Trinajstić information content (AvgIpc) is 2.67. The summed E-state index contributed by atoms with van der Waals surface area (Å²) in [6, 6.07) is 9.77. The summed E-state index contributed by atoms with van der Waals surface area (Å²) >= 11 is 0. The Balaban J connectivity index is 2.34. The predicted molar refractivity (Wildman–Crippen MR) is 117 cm³/mol. The van der Waals surface area contributed by atoms with Crippen molar-refractivity contribution in [2.75, 3.05) is 10.6 Å². The molecule has 0 fully saturated rings. The molecule has 0 aliphatic rings. The number of nitro benzene ring substituents is 1. The molecule has 9 heteroatoms. The molecular weight excluding hydrogens is 406 g/mol. The minimum Gasteiger partial charge on any atom is -0.347 e. The van der Waals surface area contributed by atoms with Crippen LogP contribution in [0.5, 0.6) is 0 Å². The Morgan fingerprint density at radius 2 is 1.83 bits per heavy atom. The van der Waals surface area contributed by atoms with Gasteiger partial charge in [-0.2, -0.15) is 0 Å². The van der Waals surface area contributed by atoms with Crippen molar-refractivity contribution < 1.29 is 18.1 Å². The van der Waals surface area contributed by atoms with Crippen LogP contribution in [-0.2, 0) is 14.8 Å². The molecule has 0 aromatic heterocycles. The van der Waals surface area contributed by atoms with Crippen LogP contribution in [0.25, 0.3) is 0 Å². The van der Waals surface area contributed by atoms with E-state index in [0.717, 1.165) is 33.3 Å². The van der Waals surface area contributed by atoms with Crippen LogP contribution >= 0.6 is 0 Å². The quantitative estimate of drug-likeness (QED) is 0.505. The van der Waals surface area contributed by atoms with Crippen LogP contribution in [-0.4, -0.2) is 31.5 Å². The van der Waals surface area contributed by atoms with Gasteiger partial charge in [0.15, 0.2) is 0 Å². The van der Waals surface area contributed by atoms with Crippen molar-refractivity contribution in [2.24, 2.45) is 0 Å². The lowest BCUT2D eigenvalue weighted by Crippen LogP contribution is -2.48. The Morgan fingerprint density at radius 1 is 1.17 bits per heavy atom. The largest absolute Gasteiger partial charge is 0.347 e. The molecule has 162 valence electrons. The van der Waals surface area contributed by atoms with Gasteiger partial charge in [0.05, 0.1) is 22.9 Å². The molecule has 0 aliphatic heterocycles. The number of nitrogens with one attached hydrogen (secondary N) is 1. The van der Waals surface area contributed by atoms with Gasteiger partial charge in [-0.15, -0.1) is 0 Å². The highest BCUT2D eigenvalue weighted by Crippen LogP contribution is 2.26. The molecule has 0 radical (unpaired) electrons. The van der Waals surface area contributed by atoms with Crippen molar-refractivity contribution >= 4 is 27.3 Å². The number of aryl methyl sites for hydroxylation is 2. The average molecular weight is 434 g/mol. The van der Waals surface area contributed by atoms with Crippen LogP contribution in [0.1, 0.15) is 43.0 Å². The molecule has 2 aromatic carbocycles. The Labute approximate surface area is 177 Å². The van der Waals surface area contributed by atoms with Crippen molar-refractivity contribution in [3.05, 3.63) is 69.3 Å². The van der Waals surface area contributed by atoms with E-state index in [1.807, 2.05) is 39.0 Å². The summed E-state index contributed by atoms with van der Waals surface area (Å²) in [5, 5.41) is 14.0. The van der Waals surface area contributed by atoms with Gasteiger partial charge >= 0.3 is 0 Å². The number of non-ortho nitro benzene ring substituents is 1. The Morgan fingerprint density at radius 3 is 2.37 bits per heavy atom. The van der Waals surface area contributed by atoms with Crippen LogP contribution < -0.4 is 9.62 Å². The molecule has 1 N–H and O–H groups in total. The number of sulfonamides is 1. The summed E-state index contributed by atoms with van der Waals surface area (Å²) in [5.74, 6) is -0.489. The summed E-state index contributed by atoms with van der Waals surface area (Å²) in [4.78, 5) is 23.4. The van der Waals surface area contributed by atoms with Crippen LogP contribution in [0.15, 0.2) is 42.5 Å². The number of carbonyl (C=O) groups is 1. The van der Waals surface area contributed by atoms with E-state index >= 15 is 0 Å². The first kappa shape index (κ1) is 23.3. The zero-order valence-corrected chi connectivity index (χ0v) is 18.6. The molecule has 2 rings (SSSR count). The van der Waals surface area contributed by atoms with Gasteiger partial charge in [-0.3, -0.25) is 19.2 Å². The molecule has 0 saturated heterocycles. The van der Waals surface area contributed by atoms with Gasteiger partial charge in [0.2, 0.25) is 15.9 Å². The molecule has 0 bridgehead atoms. The van der Waals surface area contributed by atoms with Gasteiger partial charge in [0.25, 0.3) is 5.69 Å². The number of benzene rings is 2. The van der Waals surface area contributed by atoms with E-state index in [1.165, 1.54) is 25.1 Å². The predicted octanol–water partition coefficient (Wildman–Crippen LogP) is 3.63. The second-order valence-corrected chi connectivity index (χ2v) is 9.18. The van der Waals surface area contributed by atoms with Gasteiger partial charge in [-0.1, -0.05) is 31.2 Å². The topological polar surface area (TPSA) is 110 Å². The minimum absolute atomic E-state index is 0.0635. The third-order valence-corrected chi connectivity index (χ3v) is 6.28. The van der Waals surface area contributed by atoms with E-state index < -0.39 is 26.9 Å². The first-order valence-electron chi connectivity index (χ1n) is 9.57. The molecule has 2 atom stereocenters. The van der Waals surface area contributed by atoms with Crippen molar-refractivity contribution in [2.45, 2.75) is 46.2 Å². The number of rotatable bonds is 8. The second-order valence-electron chi connectivity index (χ2n) is 7.32. The van der Waals surface area contributed by atoms with E-state index in [0.29, 0.717) is 6.42 Å². The summed E-state index contributed by atoms with van der Waals surface area (Å²) < 4.78 is 25.8. The molecule has 0 aliphatic carbocycles. The Bertz CT molecular complexity index is 1050. The minimum atomic E-state index is -3.87. The van der Waals surface area contributed by atoms with Gasteiger partial charge in [0, 0.05) is 12.1 Å². The van der Waals surface area contributed by atoms with Gasteiger partial charge in [-0.25, -0.2) is 8.42 Å². The maximum Gasteiger partial charge on any atom is 0.271 e. The van der Waals surface area contributed by atoms with Gasteiger partial charge in [0.1, 0.15) is 6.04 Å². The molecular formula is C21H27N3O5S. The Kier molecular flexibility index (Phi) is 7.20. The maximum atomic E-state index is 13.0. The third-order valence-electron chi connectivity index (χ3n) is 5.04. The number of nitro groups is 1. The smallest absolute Gasteiger partial charge is 0.271 e. The highest BCUT2D eigenvalue weighted by Gasteiger charge is 2.31. The summed E-state index contributed by atoms with van der Waals surface area (Å²) in [5.41, 5.74) is 2.98. The lowest BCUT2D eigenvalue weighted by Gasteiger charge is -2.29. The van der Waals surface area contributed by atoms with E-state index in [-0.39, 0.29) is 17.4 Å². The second kappa shape index (κ2) is 9.25. The summed E-state index contributed by atoms with van der Waals surface area (Å²) in [6.45, 7) is 7.38. The molecule has 0 saturated carbocycles. The molecule has 2 aromatic rings. The number of amides is 1. The molecule has 8 nitrogen and oxygen atoms in total. The van der Waals surface area contributed by atoms with Crippen molar-refractivity contribution in [3.63, 3.8) is 0 Å². The van der Waals surface area contributed by atoms with E-state index in [1.54, 1.807) is 0 Å². The van der Waals surface area contributed by atoms with Crippen LogP contribution in [0, 0.1) is 24.0 Å².